The summed E-state index contributed by atoms with van der Waals surface area (Å²) in [6.45, 7) is 3.29. The summed E-state index contributed by atoms with van der Waals surface area (Å²) < 4.78 is 23.7. The number of carbonyl (C=O) groups excluding carboxylic acids is 1. The van der Waals surface area contributed by atoms with E-state index in [-0.39, 0.29) is 18.5 Å². The minimum atomic E-state index is -0.312. The van der Waals surface area contributed by atoms with Gasteiger partial charge in [0.05, 0.1) is 22.8 Å². The minimum Gasteiger partial charge on any atom is -0.486 e. The molecule has 0 spiro atoms. The van der Waals surface area contributed by atoms with Gasteiger partial charge in [0.2, 0.25) is 0 Å². The number of halogens is 2. The predicted molar refractivity (Wildman–Crippen MR) is 160 cm³/mol. The molecule has 0 bridgehead atoms. The van der Waals surface area contributed by atoms with Crippen LogP contribution in [0.15, 0.2) is 97.1 Å². The van der Waals surface area contributed by atoms with E-state index in [1.54, 1.807) is 0 Å². The van der Waals surface area contributed by atoms with E-state index >= 15 is 4.39 Å². The lowest BCUT2D eigenvalue weighted by molar-refractivity contribution is -0.112. The maximum atomic E-state index is 15.5. The Morgan fingerprint density at radius 3 is 2.27 bits per heavy atom. The molecule has 6 nitrogen and oxygen atoms in total. The number of aldehydes is 1. The number of rotatable bonds is 9. The summed E-state index contributed by atoms with van der Waals surface area (Å²) >= 11 is 6.13. The van der Waals surface area contributed by atoms with Gasteiger partial charge in [0.25, 0.3) is 0 Å². The molecule has 1 fully saturated rings. The van der Waals surface area contributed by atoms with Gasteiger partial charge in [-0.3, -0.25) is 4.90 Å². The Balaban J connectivity index is 1.28. The van der Waals surface area contributed by atoms with E-state index in [0.29, 0.717) is 54.8 Å². The highest BCUT2D eigenvalue weighted by Crippen LogP contribution is 2.30. The number of piperazine rings is 1. The van der Waals surface area contributed by atoms with Gasteiger partial charge in [-0.2, -0.15) is 0 Å². The van der Waals surface area contributed by atoms with Gasteiger partial charge in [-0.05, 0) is 41.5 Å². The van der Waals surface area contributed by atoms with Crippen LogP contribution in [-0.4, -0.2) is 46.9 Å². The van der Waals surface area contributed by atoms with Crippen molar-refractivity contribution in [3.05, 3.63) is 125 Å². The number of hydrogen-bond donors (Lipinski definition) is 0. The van der Waals surface area contributed by atoms with E-state index in [1.165, 1.54) is 6.07 Å². The summed E-state index contributed by atoms with van der Waals surface area (Å²) in [5, 5.41) is 0.671. The molecular formula is C33H30ClFN4O2. The van der Waals surface area contributed by atoms with Crippen LogP contribution in [0.2, 0.25) is 5.02 Å². The van der Waals surface area contributed by atoms with Crippen molar-refractivity contribution in [3.63, 3.8) is 0 Å². The van der Waals surface area contributed by atoms with Crippen molar-refractivity contribution in [2.24, 2.45) is 0 Å². The summed E-state index contributed by atoms with van der Waals surface area (Å²) in [6.07, 6.45) is 0.992. The first kappa shape index (κ1) is 27.0. The van der Waals surface area contributed by atoms with Crippen molar-refractivity contribution < 1.29 is 13.9 Å². The Kier molecular flexibility index (Phi) is 7.98. The van der Waals surface area contributed by atoms with E-state index < -0.39 is 0 Å². The molecule has 0 N–H and O–H groups in total. The van der Waals surface area contributed by atoms with Crippen molar-refractivity contribution in [1.29, 1.82) is 0 Å². The number of fused-ring (bicyclic) bond motifs is 1. The predicted octanol–water partition coefficient (Wildman–Crippen LogP) is 6.52. The number of hydrogen-bond acceptors (Lipinski definition) is 5. The average molecular weight is 569 g/mol. The zero-order valence-corrected chi connectivity index (χ0v) is 23.3. The summed E-state index contributed by atoms with van der Waals surface area (Å²) in [4.78, 5) is 20.9. The van der Waals surface area contributed by atoms with Crippen LogP contribution in [-0.2, 0) is 17.9 Å². The van der Waals surface area contributed by atoms with E-state index in [4.69, 9.17) is 21.3 Å². The molecular weight excluding hydrogens is 539 g/mol. The normalized spacial score (nSPS) is 14.7. The fraction of sp³-hybridized carbons (Fsp3) is 0.212. The van der Waals surface area contributed by atoms with Crippen molar-refractivity contribution in [1.82, 2.24) is 14.5 Å². The van der Waals surface area contributed by atoms with Gasteiger partial charge in [0, 0.05) is 43.8 Å². The van der Waals surface area contributed by atoms with Gasteiger partial charge in [-0.15, -0.1) is 0 Å². The van der Waals surface area contributed by atoms with Crippen LogP contribution in [0.4, 0.5) is 10.1 Å². The standard InChI is InChI=1S/C33H30ClFN4O2/c34-26-13-11-24(12-14-26)21-39-31-20-30(28(35)19-29(31)36-33(39)23-41-27-9-5-2-6-10-27)37-15-17-38(18-16-37)32(22-40)25-7-3-1-4-8-25/h1-14,19-20,22,32H,15-18,21,23H2. The fourth-order valence-corrected chi connectivity index (χ4v) is 5.54. The Morgan fingerprint density at radius 1 is 0.902 bits per heavy atom. The van der Waals surface area contributed by atoms with Crippen LogP contribution in [0.5, 0.6) is 5.75 Å². The third-order valence-electron chi connectivity index (χ3n) is 7.58. The topological polar surface area (TPSA) is 50.6 Å². The number of carbonyl (C=O) groups is 1. The number of nitrogens with zero attached hydrogens (tertiary/aromatic N) is 4. The summed E-state index contributed by atoms with van der Waals surface area (Å²) in [5.41, 5.74) is 3.97. The number of imidazole rings is 1. The molecule has 1 atom stereocenters. The lowest BCUT2D eigenvalue weighted by atomic mass is 10.1. The highest BCUT2D eigenvalue weighted by molar-refractivity contribution is 6.30. The molecule has 1 unspecified atom stereocenters. The average Bonchev–Trinajstić information content (AvgIpc) is 3.34. The first-order valence-electron chi connectivity index (χ1n) is 13.7. The maximum Gasteiger partial charge on any atom is 0.148 e. The molecule has 0 amide bonds. The highest BCUT2D eigenvalue weighted by atomic mass is 35.5. The summed E-state index contributed by atoms with van der Waals surface area (Å²) in [6, 6.07) is 30.1. The molecule has 8 heteroatoms. The number of aromatic nitrogens is 2. The van der Waals surface area contributed by atoms with Gasteiger partial charge in [-0.1, -0.05) is 72.3 Å². The summed E-state index contributed by atoms with van der Waals surface area (Å²) in [7, 11) is 0. The Labute approximate surface area is 243 Å². The van der Waals surface area contributed by atoms with Crippen LogP contribution in [0, 0.1) is 5.82 Å². The van der Waals surface area contributed by atoms with Gasteiger partial charge in [-0.25, -0.2) is 9.37 Å². The third kappa shape index (κ3) is 5.97. The van der Waals surface area contributed by atoms with Crippen molar-refractivity contribution in [2.45, 2.75) is 19.2 Å². The second-order valence-corrected chi connectivity index (χ2v) is 10.6. The second kappa shape index (κ2) is 12.1. The minimum absolute atomic E-state index is 0.245. The lowest BCUT2D eigenvalue weighted by Crippen LogP contribution is -2.48. The molecule has 1 aromatic heterocycles. The molecule has 4 aromatic carbocycles. The van der Waals surface area contributed by atoms with Gasteiger partial charge >= 0.3 is 0 Å². The molecule has 208 valence electrons. The zero-order valence-electron chi connectivity index (χ0n) is 22.5. The molecule has 1 saturated heterocycles. The van der Waals surface area contributed by atoms with Crippen LogP contribution < -0.4 is 9.64 Å². The molecule has 1 aliphatic heterocycles. The highest BCUT2D eigenvalue weighted by Gasteiger charge is 2.27. The monoisotopic (exact) mass is 568 g/mol. The maximum absolute atomic E-state index is 15.5. The Hall–Kier alpha value is -4.20. The van der Waals surface area contributed by atoms with Crippen LogP contribution >= 0.6 is 11.6 Å². The number of ether oxygens (including phenoxy) is 1. The quantitative estimate of drug-likeness (QED) is 0.190. The smallest absolute Gasteiger partial charge is 0.148 e. The van der Waals surface area contributed by atoms with E-state index in [0.717, 1.165) is 28.7 Å². The number of para-hydroxylation sites is 1. The molecule has 41 heavy (non-hydrogen) atoms. The van der Waals surface area contributed by atoms with E-state index in [9.17, 15) is 4.79 Å². The number of benzene rings is 4. The molecule has 5 aromatic rings. The largest absolute Gasteiger partial charge is 0.486 e. The van der Waals surface area contributed by atoms with Crippen molar-refractivity contribution >= 4 is 34.6 Å². The first-order chi connectivity index (χ1) is 20.1. The van der Waals surface area contributed by atoms with Gasteiger partial charge < -0.3 is 19.0 Å². The van der Waals surface area contributed by atoms with Gasteiger partial charge in [0.15, 0.2) is 0 Å². The van der Waals surface area contributed by atoms with Crippen molar-refractivity contribution in [2.75, 3.05) is 31.1 Å². The first-order valence-corrected chi connectivity index (χ1v) is 14.1. The molecule has 1 aliphatic rings. The van der Waals surface area contributed by atoms with Crippen LogP contribution in [0.1, 0.15) is 23.0 Å². The molecule has 0 saturated carbocycles. The van der Waals surface area contributed by atoms with Crippen molar-refractivity contribution in [3.8, 4) is 5.75 Å². The van der Waals surface area contributed by atoms with E-state index in [1.807, 2.05) is 91.0 Å². The van der Waals surface area contributed by atoms with Crippen LogP contribution in [0.3, 0.4) is 0 Å². The van der Waals surface area contributed by atoms with Crippen LogP contribution in [0.25, 0.3) is 11.0 Å². The molecule has 0 radical (unpaired) electrons. The Morgan fingerprint density at radius 2 is 1.59 bits per heavy atom. The lowest BCUT2D eigenvalue weighted by Gasteiger charge is -2.38. The molecule has 6 rings (SSSR count). The summed E-state index contributed by atoms with van der Waals surface area (Å²) in [5.74, 6) is 1.14. The number of anilines is 1. The van der Waals surface area contributed by atoms with Gasteiger partial charge in [0.1, 0.15) is 30.3 Å². The van der Waals surface area contributed by atoms with E-state index in [2.05, 4.69) is 14.4 Å². The Bertz CT molecular complexity index is 1620. The second-order valence-electron chi connectivity index (χ2n) is 10.1. The molecule has 2 heterocycles. The zero-order chi connectivity index (χ0) is 28.2. The fourth-order valence-electron chi connectivity index (χ4n) is 5.42. The molecule has 0 aliphatic carbocycles. The third-order valence-corrected chi connectivity index (χ3v) is 7.83. The SMILES string of the molecule is O=CC(c1ccccc1)N1CCN(c2cc3c(cc2F)nc(COc2ccccc2)n3Cc2ccc(Cl)cc2)CC1.